The summed E-state index contributed by atoms with van der Waals surface area (Å²) in [6.45, 7) is 8.83. The number of aryl methyl sites for hydroxylation is 1. The fraction of sp³-hybridized carbons (Fsp3) is 0.750. The molecule has 2 fully saturated rings. The Morgan fingerprint density at radius 1 is 1.37 bits per heavy atom. The van der Waals surface area contributed by atoms with E-state index in [0.29, 0.717) is 0 Å². The Morgan fingerprint density at radius 2 is 2.21 bits per heavy atom. The molecule has 3 rings (SSSR count). The summed E-state index contributed by atoms with van der Waals surface area (Å²) >= 11 is 0. The Balaban J connectivity index is 1.56. The maximum absolute atomic E-state index is 5.92. The summed E-state index contributed by atoms with van der Waals surface area (Å²) in [6.07, 6.45) is 5.39. The molecule has 3 heteroatoms. The van der Waals surface area contributed by atoms with Crippen LogP contribution in [0.1, 0.15) is 49.7 Å². The molecule has 1 aromatic heterocycles. The van der Waals surface area contributed by atoms with E-state index in [0.717, 1.165) is 36.6 Å². The molecule has 2 aliphatic rings. The highest BCUT2D eigenvalue weighted by Gasteiger charge is 2.22. The Labute approximate surface area is 116 Å². The number of piperidine rings is 1. The van der Waals surface area contributed by atoms with Crippen LogP contribution in [0.25, 0.3) is 0 Å². The van der Waals surface area contributed by atoms with Crippen LogP contribution < -0.4 is 5.32 Å². The number of nitrogens with zero attached hydrogens (tertiary/aromatic N) is 1. The Morgan fingerprint density at radius 3 is 2.95 bits per heavy atom. The van der Waals surface area contributed by atoms with Crippen molar-refractivity contribution in [3.8, 4) is 0 Å². The fourth-order valence-corrected chi connectivity index (χ4v) is 3.03. The lowest BCUT2D eigenvalue weighted by Crippen LogP contribution is -2.33. The molecule has 1 atom stereocenters. The second-order valence-corrected chi connectivity index (χ2v) is 6.43. The largest absolute Gasteiger partial charge is 0.465 e. The lowest BCUT2D eigenvalue weighted by molar-refractivity contribution is 0.165. The normalized spacial score (nSPS) is 24.8. The van der Waals surface area contributed by atoms with Crippen LogP contribution in [0.3, 0.4) is 0 Å². The molecule has 19 heavy (non-hydrogen) atoms. The number of furan rings is 1. The van der Waals surface area contributed by atoms with Crippen LogP contribution >= 0.6 is 0 Å². The average molecular weight is 262 g/mol. The van der Waals surface area contributed by atoms with Crippen LogP contribution in [-0.2, 0) is 13.1 Å². The molecule has 3 nitrogen and oxygen atoms in total. The van der Waals surface area contributed by atoms with Crippen molar-refractivity contribution in [3.05, 3.63) is 23.2 Å². The van der Waals surface area contributed by atoms with Crippen LogP contribution in [-0.4, -0.2) is 24.0 Å². The molecule has 1 unspecified atom stereocenters. The van der Waals surface area contributed by atoms with Crippen LogP contribution in [0.2, 0.25) is 0 Å². The van der Waals surface area contributed by atoms with Crippen molar-refractivity contribution in [1.82, 2.24) is 10.2 Å². The quantitative estimate of drug-likeness (QED) is 0.884. The molecule has 106 valence electrons. The zero-order valence-corrected chi connectivity index (χ0v) is 12.2. The van der Waals surface area contributed by atoms with Gasteiger partial charge in [-0.2, -0.15) is 0 Å². The van der Waals surface area contributed by atoms with Crippen LogP contribution in [0.15, 0.2) is 10.5 Å². The predicted molar refractivity (Wildman–Crippen MR) is 77.0 cm³/mol. The van der Waals surface area contributed by atoms with E-state index in [1.54, 1.807) is 0 Å². The van der Waals surface area contributed by atoms with Gasteiger partial charge in [-0.15, -0.1) is 0 Å². The number of hydrogen-bond donors (Lipinski definition) is 1. The average Bonchev–Trinajstić information content (AvgIpc) is 3.12. The van der Waals surface area contributed by atoms with Gasteiger partial charge >= 0.3 is 0 Å². The van der Waals surface area contributed by atoms with Gasteiger partial charge in [0.25, 0.3) is 0 Å². The minimum absolute atomic E-state index is 0.765. The Kier molecular flexibility index (Phi) is 3.94. The van der Waals surface area contributed by atoms with Crippen molar-refractivity contribution >= 4 is 0 Å². The van der Waals surface area contributed by atoms with Crippen molar-refractivity contribution in [2.45, 2.75) is 58.7 Å². The number of hydrogen-bond acceptors (Lipinski definition) is 3. The minimum Gasteiger partial charge on any atom is -0.465 e. The van der Waals surface area contributed by atoms with Gasteiger partial charge in [0.1, 0.15) is 11.5 Å². The minimum atomic E-state index is 0.765. The van der Waals surface area contributed by atoms with E-state index in [-0.39, 0.29) is 0 Å². The van der Waals surface area contributed by atoms with Crippen molar-refractivity contribution in [1.29, 1.82) is 0 Å². The van der Waals surface area contributed by atoms with Gasteiger partial charge < -0.3 is 9.73 Å². The van der Waals surface area contributed by atoms with Gasteiger partial charge in [0.05, 0.1) is 6.54 Å². The Bertz CT molecular complexity index is 422. The molecule has 1 N–H and O–H groups in total. The first kappa shape index (κ1) is 13.2. The SMILES string of the molecule is Cc1oc(CN2CCCC(C)C2)cc1CNC1CC1. The van der Waals surface area contributed by atoms with Crippen molar-refractivity contribution in [2.24, 2.45) is 5.92 Å². The van der Waals surface area contributed by atoms with Crippen LogP contribution in [0, 0.1) is 12.8 Å². The van der Waals surface area contributed by atoms with E-state index in [1.165, 1.54) is 44.3 Å². The summed E-state index contributed by atoms with van der Waals surface area (Å²) in [5.41, 5.74) is 1.34. The van der Waals surface area contributed by atoms with E-state index in [1.807, 2.05) is 0 Å². The number of nitrogens with one attached hydrogen (secondary N) is 1. The standard InChI is InChI=1S/C16H26N2O/c1-12-4-3-7-18(10-12)11-16-8-14(13(2)19-16)9-17-15-5-6-15/h8,12,15,17H,3-7,9-11H2,1-2H3. The first-order valence-electron chi connectivity index (χ1n) is 7.74. The first-order valence-corrected chi connectivity index (χ1v) is 7.74. The zero-order chi connectivity index (χ0) is 13.2. The third-order valence-corrected chi connectivity index (χ3v) is 4.35. The first-order chi connectivity index (χ1) is 9.20. The monoisotopic (exact) mass is 262 g/mol. The summed E-state index contributed by atoms with van der Waals surface area (Å²) in [7, 11) is 0. The van der Waals surface area contributed by atoms with Gasteiger partial charge in [-0.05, 0) is 51.1 Å². The second-order valence-electron chi connectivity index (χ2n) is 6.43. The summed E-state index contributed by atoms with van der Waals surface area (Å²) < 4.78 is 5.92. The molecule has 1 saturated carbocycles. The van der Waals surface area contributed by atoms with Crippen LogP contribution in [0.5, 0.6) is 0 Å². The maximum atomic E-state index is 5.92. The highest BCUT2D eigenvalue weighted by molar-refractivity contribution is 5.21. The van der Waals surface area contributed by atoms with E-state index in [9.17, 15) is 0 Å². The highest BCUT2D eigenvalue weighted by Crippen LogP contribution is 2.23. The molecule has 0 bridgehead atoms. The molecular formula is C16H26N2O. The van der Waals surface area contributed by atoms with E-state index < -0.39 is 0 Å². The van der Waals surface area contributed by atoms with Crippen molar-refractivity contribution in [3.63, 3.8) is 0 Å². The molecule has 0 radical (unpaired) electrons. The molecule has 0 aromatic carbocycles. The molecule has 2 heterocycles. The molecular weight excluding hydrogens is 236 g/mol. The second kappa shape index (κ2) is 5.68. The fourth-order valence-electron chi connectivity index (χ4n) is 3.03. The van der Waals surface area contributed by atoms with Gasteiger partial charge in [0, 0.05) is 24.7 Å². The lowest BCUT2D eigenvalue weighted by Gasteiger charge is -2.29. The Hall–Kier alpha value is -0.800. The van der Waals surface area contributed by atoms with Crippen LogP contribution in [0.4, 0.5) is 0 Å². The molecule has 1 aromatic rings. The molecule has 0 amide bonds. The topological polar surface area (TPSA) is 28.4 Å². The molecule has 1 aliphatic heterocycles. The van der Waals surface area contributed by atoms with E-state index >= 15 is 0 Å². The summed E-state index contributed by atoms with van der Waals surface area (Å²) in [4.78, 5) is 2.53. The predicted octanol–water partition coefficient (Wildman–Crippen LogP) is 3.07. The molecule has 0 spiro atoms. The van der Waals surface area contributed by atoms with Gasteiger partial charge in [0.2, 0.25) is 0 Å². The molecule has 1 aliphatic carbocycles. The third-order valence-electron chi connectivity index (χ3n) is 4.35. The third kappa shape index (κ3) is 3.61. The van der Waals surface area contributed by atoms with Gasteiger partial charge in [-0.3, -0.25) is 4.90 Å². The van der Waals surface area contributed by atoms with Gasteiger partial charge in [-0.25, -0.2) is 0 Å². The number of rotatable bonds is 5. The smallest absolute Gasteiger partial charge is 0.118 e. The number of likely N-dealkylation sites (tertiary alicyclic amines) is 1. The maximum Gasteiger partial charge on any atom is 0.118 e. The van der Waals surface area contributed by atoms with Gasteiger partial charge in [-0.1, -0.05) is 6.92 Å². The molecule has 1 saturated heterocycles. The van der Waals surface area contributed by atoms with Gasteiger partial charge in [0.15, 0.2) is 0 Å². The van der Waals surface area contributed by atoms with E-state index in [2.05, 4.69) is 30.1 Å². The lowest BCUT2D eigenvalue weighted by atomic mass is 10.0. The van der Waals surface area contributed by atoms with Crippen molar-refractivity contribution < 1.29 is 4.42 Å². The summed E-state index contributed by atoms with van der Waals surface area (Å²) in [6, 6.07) is 3.02. The zero-order valence-electron chi connectivity index (χ0n) is 12.2. The summed E-state index contributed by atoms with van der Waals surface area (Å²) in [5, 5.41) is 3.56. The highest BCUT2D eigenvalue weighted by atomic mass is 16.3. The van der Waals surface area contributed by atoms with E-state index in [4.69, 9.17) is 4.42 Å². The summed E-state index contributed by atoms with van der Waals surface area (Å²) in [5.74, 6) is 3.06. The van der Waals surface area contributed by atoms with Crippen molar-refractivity contribution in [2.75, 3.05) is 13.1 Å².